The van der Waals surface area contributed by atoms with Crippen LogP contribution in [0.15, 0.2) is 23.2 Å². The number of benzene rings is 1. The summed E-state index contributed by atoms with van der Waals surface area (Å²) >= 11 is 4.92. The molecule has 0 N–H and O–H groups in total. The van der Waals surface area contributed by atoms with Gasteiger partial charge in [-0.25, -0.2) is 9.38 Å². The van der Waals surface area contributed by atoms with Gasteiger partial charge >= 0.3 is 6.18 Å². The Morgan fingerprint density at radius 3 is 2.47 bits per heavy atom. The van der Waals surface area contributed by atoms with E-state index in [1.165, 1.54) is 13.0 Å². The van der Waals surface area contributed by atoms with E-state index in [2.05, 4.69) is 4.99 Å². The molecule has 0 aromatic heterocycles. The SMILES string of the molecule is Cc1ccc(F)cc1N=C(Cl)C(F)(F)F. The number of aryl methyl sites for hydroxylation is 1. The summed E-state index contributed by atoms with van der Waals surface area (Å²) in [5.74, 6) is -0.661. The molecule has 0 aliphatic carbocycles. The molecule has 0 heterocycles. The van der Waals surface area contributed by atoms with Crippen LogP contribution < -0.4 is 0 Å². The third-order valence-corrected chi connectivity index (χ3v) is 1.92. The van der Waals surface area contributed by atoms with Gasteiger partial charge < -0.3 is 0 Å². The molecule has 0 spiro atoms. The molecule has 0 bridgehead atoms. The summed E-state index contributed by atoms with van der Waals surface area (Å²) in [4.78, 5) is 3.11. The van der Waals surface area contributed by atoms with E-state index in [0.717, 1.165) is 12.1 Å². The Hall–Kier alpha value is -1.10. The van der Waals surface area contributed by atoms with Gasteiger partial charge in [0.2, 0.25) is 5.17 Å². The Morgan fingerprint density at radius 2 is 1.93 bits per heavy atom. The highest BCUT2D eigenvalue weighted by molar-refractivity contribution is 6.67. The van der Waals surface area contributed by atoms with E-state index < -0.39 is 17.2 Å². The highest BCUT2D eigenvalue weighted by Gasteiger charge is 2.34. The topological polar surface area (TPSA) is 12.4 Å². The summed E-state index contributed by atoms with van der Waals surface area (Å²) in [6.07, 6.45) is -4.71. The van der Waals surface area contributed by atoms with Crippen LogP contribution in [0.3, 0.4) is 0 Å². The maximum atomic E-state index is 12.7. The second-order valence-electron chi connectivity index (χ2n) is 2.83. The summed E-state index contributed by atoms with van der Waals surface area (Å²) < 4.78 is 48.7. The van der Waals surface area contributed by atoms with Crippen molar-refractivity contribution in [2.24, 2.45) is 4.99 Å². The quantitative estimate of drug-likeness (QED) is 0.519. The Labute approximate surface area is 88.4 Å². The highest BCUT2D eigenvalue weighted by Crippen LogP contribution is 2.26. The number of rotatable bonds is 1. The van der Waals surface area contributed by atoms with E-state index in [-0.39, 0.29) is 5.69 Å². The van der Waals surface area contributed by atoms with Gasteiger partial charge in [-0.3, -0.25) is 0 Å². The first-order chi connectivity index (χ1) is 6.80. The first kappa shape index (κ1) is 12.0. The molecule has 15 heavy (non-hydrogen) atoms. The predicted octanol–water partition coefficient (Wildman–Crippen LogP) is 3.97. The van der Waals surface area contributed by atoms with Gasteiger partial charge in [0, 0.05) is 0 Å². The lowest BCUT2D eigenvalue weighted by molar-refractivity contribution is -0.0558. The molecule has 1 aromatic carbocycles. The third-order valence-electron chi connectivity index (χ3n) is 1.62. The molecule has 0 amide bonds. The second kappa shape index (κ2) is 4.18. The standard InChI is InChI=1S/C9H6ClF4N/c1-5-2-3-6(11)4-7(5)15-8(10)9(12,13)14/h2-4H,1H3. The van der Waals surface area contributed by atoms with Crippen LogP contribution in [-0.2, 0) is 0 Å². The van der Waals surface area contributed by atoms with E-state index in [1.807, 2.05) is 0 Å². The van der Waals surface area contributed by atoms with Crippen molar-refractivity contribution in [1.29, 1.82) is 0 Å². The molecule has 0 aliphatic heterocycles. The lowest BCUT2D eigenvalue weighted by atomic mass is 10.2. The zero-order valence-corrected chi connectivity index (χ0v) is 8.33. The van der Waals surface area contributed by atoms with Crippen LogP contribution in [-0.4, -0.2) is 11.3 Å². The molecule has 0 saturated heterocycles. The van der Waals surface area contributed by atoms with Crippen LogP contribution in [0, 0.1) is 12.7 Å². The summed E-state index contributed by atoms with van der Waals surface area (Å²) in [6, 6.07) is 3.36. The number of hydrogen-bond acceptors (Lipinski definition) is 1. The number of halogens is 5. The van der Waals surface area contributed by atoms with E-state index in [4.69, 9.17) is 11.6 Å². The lowest BCUT2D eigenvalue weighted by Crippen LogP contribution is -2.16. The van der Waals surface area contributed by atoms with Crippen LogP contribution in [0.25, 0.3) is 0 Å². The molecule has 6 heteroatoms. The fourth-order valence-electron chi connectivity index (χ4n) is 0.872. The molecular weight excluding hydrogens is 234 g/mol. The Morgan fingerprint density at radius 1 is 1.33 bits per heavy atom. The van der Waals surface area contributed by atoms with Gasteiger partial charge in [0.25, 0.3) is 0 Å². The number of nitrogens with zero attached hydrogens (tertiary/aromatic N) is 1. The van der Waals surface area contributed by atoms with Crippen molar-refractivity contribution in [2.75, 3.05) is 0 Å². The monoisotopic (exact) mass is 239 g/mol. The largest absolute Gasteiger partial charge is 0.444 e. The molecule has 0 unspecified atom stereocenters. The second-order valence-corrected chi connectivity index (χ2v) is 3.19. The molecule has 1 aromatic rings. The molecule has 0 saturated carbocycles. The zero-order chi connectivity index (χ0) is 11.6. The normalized spacial score (nSPS) is 13.1. The Balaban J connectivity index is 3.13. The summed E-state index contributed by atoms with van der Waals surface area (Å²) in [7, 11) is 0. The van der Waals surface area contributed by atoms with Gasteiger partial charge in [0.1, 0.15) is 5.82 Å². The van der Waals surface area contributed by atoms with Crippen molar-refractivity contribution in [2.45, 2.75) is 13.1 Å². The maximum Gasteiger partial charge on any atom is 0.444 e. The first-order valence-electron chi connectivity index (χ1n) is 3.88. The van der Waals surface area contributed by atoms with Gasteiger partial charge in [0.15, 0.2) is 0 Å². The van der Waals surface area contributed by atoms with Crippen LogP contribution in [0.4, 0.5) is 23.2 Å². The molecule has 0 fully saturated rings. The van der Waals surface area contributed by atoms with E-state index in [1.54, 1.807) is 0 Å². The van der Waals surface area contributed by atoms with E-state index in [9.17, 15) is 17.6 Å². The molecular formula is C9H6ClF4N. The Bertz CT molecular complexity index is 398. The minimum Gasteiger partial charge on any atom is -0.232 e. The van der Waals surface area contributed by atoms with Crippen molar-refractivity contribution >= 4 is 22.5 Å². The summed E-state index contributed by atoms with van der Waals surface area (Å²) in [6.45, 7) is 1.51. The van der Waals surface area contributed by atoms with Crippen molar-refractivity contribution in [3.05, 3.63) is 29.6 Å². The fourth-order valence-corrected chi connectivity index (χ4v) is 0.963. The molecule has 1 rings (SSSR count). The van der Waals surface area contributed by atoms with Gasteiger partial charge in [0.05, 0.1) is 5.69 Å². The molecule has 0 radical (unpaired) electrons. The zero-order valence-electron chi connectivity index (χ0n) is 7.57. The van der Waals surface area contributed by atoms with Gasteiger partial charge in [-0.2, -0.15) is 13.2 Å². The van der Waals surface area contributed by atoms with Crippen LogP contribution in [0.2, 0.25) is 0 Å². The van der Waals surface area contributed by atoms with Gasteiger partial charge in [-0.05, 0) is 24.6 Å². The average Bonchev–Trinajstić information content (AvgIpc) is 2.09. The fraction of sp³-hybridized carbons (Fsp3) is 0.222. The van der Waals surface area contributed by atoms with E-state index in [0.29, 0.717) is 5.56 Å². The third kappa shape index (κ3) is 3.20. The minimum atomic E-state index is -4.71. The highest BCUT2D eigenvalue weighted by atomic mass is 35.5. The van der Waals surface area contributed by atoms with Crippen molar-refractivity contribution in [1.82, 2.24) is 0 Å². The number of aliphatic imine (C=N–C) groups is 1. The molecule has 82 valence electrons. The van der Waals surface area contributed by atoms with Gasteiger partial charge in [-0.15, -0.1) is 0 Å². The number of alkyl halides is 3. The van der Waals surface area contributed by atoms with Crippen LogP contribution in [0.5, 0.6) is 0 Å². The average molecular weight is 240 g/mol. The van der Waals surface area contributed by atoms with Crippen molar-refractivity contribution in [3.8, 4) is 0 Å². The summed E-state index contributed by atoms with van der Waals surface area (Å²) in [5.41, 5.74) is 0.288. The lowest BCUT2D eigenvalue weighted by Gasteiger charge is -2.04. The number of hydrogen-bond donors (Lipinski definition) is 0. The van der Waals surface area contributed by atoms with E-state index >= 15 is 0 Å². The van der Waals surface area contributed by atoms with Crippen molar-refractivity contribution < 1.29 is 17.6 Å². The van der Waals surface area contributed by atoms with Crippen LogP contribution >= 0.6 is 11.6 Å². The van der Waals surface area contributed by atoms with Crippen molar-refractivity contribution in [3.63, 3.8) is 0 Å². The maximum absolute atomic E-state index is 12.7. The Kier molecular flexibility index (Phi) is 3.34. The molecule has 1 nitrogen and oxygen atoms in total. The minimum absolute atomic E-state index is 0.127. The molecule has 0 aliphatic rings. The van der Waals surface area contributed by atoms with Gasteiger partial charge in [-0.1, -0.05) is 17.7 Å². The predicted molar refractivity (Wildman–Crippen MR) is 50.1 cm³/mol. The first-order valence-corrected chi connectivity index (χ1v) is 4.26. The molecule has 0 atom stereocenters. The summed E-state index contributed by atoms with van der Waals surface area (Å²) in [5, 5.41) is -1.52. The smallest absolute Gasteiger partial charge is 0.232 e. The van der Waals surface area contributed by atoms with Crippen LogP contribution in [0.1, 0.15) is 5.56 Å².